The average molecular weight is 181 g/mol. The normalized spacial score (nSPS) is 11.3. The Bertz CT molecular complexity index is 277. The Kier molecular flexibility index (Phi) is 2.70. The third-order valence-corrected chi connectivity index (χ3v) is 2.07. The lowest BCUT2D eigenvalue weighted by molar-refractivity contribution is 0.230. The maximum absolute atomic E-state index is 11.5. The second-order valence-corrected chi connectivity index (χ2v) is 3.64. The van der Waals surface area contributed by atoms with Gasteiger partial charge >= 0.3 is 6.03 Å². The summed E-state index contributed by atoms with van der Waals surface area (Å²) < 4.78 is 1.43. The van der Waals surface area contributed by atoms with E-state index in [9.17, 15) is 4.79 Å². The second-order valence-electron chi connectivity index (χ2n) is 3.64. The molecule has 0 saturated heterocycles. The Balaban J connectivity index is 2.61. The molecule has 4 heteroatoms. The summed E-state index contributed by atoms with van der Waals surface area (Å²) in [5, 5.41) is 2.89. The molecule has 0 aliphatic rings. The van der Waals surface area contributed by atoms with E-state index in [0.717, 1.165) is 6.42 Å². The first-order valence-corrected chi connectivity index (χ1v) is 4.35. The van der Waals surface area contributed by atoms with E-state index in [1.54, 1.807) is 12.4 Å². The van der Waals surface area contributed by atoms with Gasteiger partial charge in [-0.05, 0) is 20.3 Å². The molecule has 0 fully saturated rings. The van der Waals surface area contributed by atoms with Crippen LogP contribution in [-0.2, 0) is 0 Å². The maximum Gasteiger partial charge on any atom is 0.327 e. The molecule has 0 unspecified atom stereocenters. The van der Waals surface area contributed by atoms with Crippen LogP contribution in [0.5, 0.6) is 0 Å². The summed E-state index contributed by atoms with van der Waals surface area (Å²) in [6.07, 6.45) is 5.59. The van der Waals surface area contributed by atoms with Gasteiger partial charge in [0.15, 0.2) is 0 Å². The van der Waals surface area contributed by atoms with Crippen LogP contribution in [-0.4, -0.2) is 21.1 Å². The first kappa shape index (κ1) is 9.77. The van der Waals surface area contributed by atoms with Crippen LogP contribution in [0.15, 0.2) is 18.7 Å². The summed E-state index contributed by atoms with van der Waals surface area (Å²) >= 11 is 0. The standard InChI is InChI=1S/C9H15N3O/c1-4-9(2,3)11-8(13)12-6-5-10-7-12/h5-7H,4H2,1-3H3,(H,11,13). The number of carbonyl (C=O) groups excluding carboxylic acids is 1. The van der Waals surface area contributed by atoms with Crippen molar-refractivity contribution < 1.29 is 4.79 Å². The van der Waals surface area contributed by atoms with Crippen molar-refractivity contribution in [1.82, 2.24) is 14.9 Å². The molecule has 0 radical (unpaired) electrons. The van der Waals surface area contributed by atoms with Crippen molar-refractivity contribution >= 4 is 6.03 Å². The Hall–Kier alpha value is -1.32. The fourth-order valence-corrected chi connectivity index (χ4v) is 0.822. The number of nitrogens with one attached hydrogen (secondary N) is 1. The number of rotatable bonds is 2. The summed E-state index contributed by atoms with van der Waals surface area (Å²) in [7, 11) is 0. The van der Waals surface area contributed by atoms with E-state index in [4.69, 9.17) is 0 Å². The molecule has 0 spiro atoms. The summed E-state index contributed by atoms with van der Waals surface area (Å²) in [6.45, 7) is 6.01. The molecular formula is C9H15N3O. The zero-order valence-corrected chi connectivity index (χ0v) is 8.24. The quantitative estimate of drug-likeness (QED) is 0.753. The average Bonchev–Trinajstić information content (AvgIpc) is 2.55. The second kappa shape index (κ2) is 3.60. The Morgan fingerprint density at radius 3 is 2.77 bits per heavy atom. The number of hydrogen-bond acceptors (Lipinski definition) is 2. The molecule has 0 aromatic carbocycles. The lowest BCUT2D eigenvalue weighted by Gasteiger charge is -2.24. The topological polar surface area (TPSA) is 46.9 Å². The molecule has 1 aromatic rings. The molecule has 1 N–H and O–H groups in total. The zero-order chi connectivity index (χ0) is 9.90. The van der Waals surface area contributed by atoms with Crippen LogP contribution >= 0.6 is 0 Å². The molecule has 0 aliphatic heterocycles. The molecule has 4 nitrogen and oxygen atoms in total. The van der Waals surface area contributed by atoms with E-state index in [1.165, 1.54) is 10.9 Å². The summed E-state index contributed by atoms with van der Waals surface area (Å²) in [6, 6.07) is -0.135. The van der Waals surface area contributed by atoms with Gasteiger partial charge in [-0.15, -0.1) is 0 Å². The van der Waals surface area contributed by atoms with Crippen molar-refractivity contribution in [2.45, 2.75) is 32.7 Å². The van der Waals surface area contributed by atoms with E-state index in [1.807, 2.05) is 20.8 Å². The number of aromatic nitrogens is 2. The molecule has 0 aliphatic carbocycles. The van der Waals surface area contributed by atoms with E-state index in [0.29, 0.717) is 0 Å². The summed E-state index contributed by atoms with van der Waals surface area (Å²) in [5.74, 6) is 0. The highest BCUT2D eigenvalue weighted by molar-refractivity contribution is 5.77. The smallest absolute Gasteiger partial charge is 0.327 e. The molecule has 13 heavy (non-hydrogen) atoms. The number of imidazole rings is 1. The van der Waals surface area contributed by atoms with E-state index in [2.05, 4.69) is 10.3 Å². The zero-order valence-electron chi connectivity index (χ0n) is 8.24. The molecule has 1 aromatic heterocycles. The lowest BCUT2D eigenvalue weighted by atomic mass is 10.0. The minimum Gasteiger partial charge on any atom is -0.333 e. The van der Waals surface area contributed by atoms with Crippen molar-refractivity contribution in [1.29, 1.82) is 0 Å². The van der Waals surface area contributed by atoms with Gasteiger partial charge in [0.05, 0.1) is 0 Å². The third kappa shape index (κ3) is 2.57. The molecule has 1 rings (SSSR count). The molecule has 0 saturated carbocycles. The number of carbonyl (C=O) groups is 1. The Morgan fingerprint density at radius 1 is 1.62 bits per heavy atom. The predicted octanol–water partition coefficient (Wildman–Crippen LogP) is 1.63. The van der Waals surface area contributed by atoms with Crippen LogP contribution in [0.25, 0.3) is 0 Å². The fraction of sp³-hybridized carbons (Fsp3) is 0.556. The van der Waals surface area contributed by atoms with Gasteiger partial charge in [-0.3, -0.25) is 4.57 Å². The maximum atomic E-state index is 11.5. The van der Waals surface area contributed by atoms with E-state index < -0.39 is 0 Å². The van der Waals surface area contributed by atoms with Crippen LogP contribution in [0.2, 0.25) is 0 Å². The first-order valence-electron chi connectivity index (χ1n) is 4.35. The molecular weight excluding hydrogens is 166 g/mol. The van der Waals surface area contributed by atoms with Gasteiger partial charge in [-0.1, -0.05) is 6.92 Å². The summed E-state index contributed by atoms with van der Waals surface area (Å²) in [4.78, 5) is 15.3. The molecule has 72 valence electrons. The van der Waals surface area contributed by atoms with Crippen molar-refractivity contribution in [2.24, 2.45) is 0 Å². The van der Waals surface area contributed by atoms with Crippen molar-refractivity contribution in [3.05, 3.63) is 18.7 Å². The molecule has 1 amide bonds. The van der Waals surface area contributed by atoms with Gasteiger partial charge in [0.25, 0.3) is 0 Å². The van der Waals surface area contributed by atoms with E-state index >= 15 is 0 Å². The van der Waals surface area contributed by atoms with Gasteiger partial charge in [0.2, 0.25) is 0 Å². The fourth-order valence-electron chi connectivity index (χ4n) is 0.822. The summed E-state index contributed by atoms with van der Waals surface area (Å²) in [5.41, 5.74) is -0.165. The Morgan fingerprint density at radius 2 is 2.31 bits per heavy atom. The van der Waals surface area contributed by atoms with Crippen molar-refractivity contribution in [3.8, 4) is 0 Å². The number of hydrogen-bond donors (Lipinski definition) is 1. The Labute approximate surface area is 78.0 Å². The van der Waals surface area contributed by atoms with Crippen molar-refractivity contribution in [3.63, 3.8) is 0 Å². The van der Waals surface area contributed by atoms with Gasteiger partial charge in [-0.25, -0.2) is 9.78 Å². The van der Waals surface area contributed by atoms with Crippen LogP contribution in [0, 0.1) is 0 Å². The highest BCUT2D eigenvalue weighted by atomic mass is 16.2. The van der Waals surface area contributed by atoms with Gasteiger partial charge in [0.1, 0.15) is 6.33 Å². The third-order valence-electron chi connectivity index (χ3n) is 2.07. The number of nitrogens with zero attached hydrogens (tertiary/aromatic N) is 2. The van der Waals surface area contributed by atoms with Crippen molar-refractivity contribution in [2.75, 3.05) is 0 Å². The van der Waals surface area contributed by atoms with Gasteiger partial charge in [-0.2, -0.15) is 0 Å². The minimum absolute atomic E-state index is 0.135. The van der Waals surface area contributed by atoms with Gasteiger partial charge < -0.3 is 5.32 Å². The van der Waals surface area contributed by atoms with Crippen LogP contribution in [0.3, 0.4) is 0 Å². The SMILES string of the molecule is CCC(C)(C)NC(=O)n1ccnc1. The molecule has 0 atom stereocenters. The first-order chi connectivity index (χ1) is 6.05. The van der Waals surface area contributed by atoms with Gasteiger partial charge in [0, 0.05) is 17.9 Å². The van der Waals surface area contributed by atoms with Crippen LogP contribution in [0.4, 0.5) is 4.79 Å². The van der Waals surface area contributed by atoms with Crippen LogP contribution in [0.1, 0.15) is 27.2 Å². The molecule has 1 heterocycles. The molecule has 0 bridgehead atoms. The highest BCUT2D eigenvalue weighted by Gasteiger charge is 2.18. The predicted molar refractivity (Wildman–Crippen MR) is 50.5 cm³/mol. The lowest BCUT2D eigenvalue weighted by Crippen LogP contribution is -2.44. The monoisotopic (exact) mass is 181 g/mol. The number of amides is 1. The minimum atomic E-state index is -0.165. The highest BCUT2D eigenvalue weighted by Crippen LogP contribution is 2.06. The largest absolute Gasteiger partial charge is 0.333 e. The van der Waals surface area contributed by atoms with E-state index in [-0.39, 0.29) is 11.6 Å². The van der Waals surface area contributed by atoms with Crippen LogP contribution < -0.4 is 5.32 Å².